The summed E-state index contributed by atoms with van der Waals surface area (Å²) in [5, 5.41) is 3.15. The summed E-state index contributed by atoms with van der Waals surface area (Å²) in [6.45, 7) is 6.37. The van der Waals surface area contributed by atoms with Gasteiger partial charge in [-0.3, -0.25) is 4.79 Å². The van der Waals surface area contributed by atoms with E-state index in [0.29, 0.717) is 11.8 Å². The zero-order valence-electron chi connectivity index (χ0n) is 9.95. The van der Waals surface area contributed by atoms with E-state index in [-0.39, 0.29) is 17.4 Å². The van der Waals surface area contributed by atoms with Crippen LogP contribution < -0.4 is 5.32 Å². The Hall–Kier alpha value is -1.31. The number of rotatable bonds is 0. The molecule has 1 amide bonds. The number of nitrogens with one attached hydrogen (secondary N) is 1. The third-order valence-electron chi connectivity index (χ3n) is 4.42. The summed E-state index contributed by atoms with van der Waals surface area (Å²) >= 11 is 0. The van der Waals surface area contributed by atoms with E-state index in [0.717, 1.165) is 0 Å². The molecule has 1 aromatic carbocycles. The predicted molar refractivity (Wildman–Crippen MR) is 63.0 cm³/mol. The summed E-state index contributed by atoms with van der Waals surface area (Å²) in [4.78, 5) is 12.0. The first-order chi connectivity index (χ1) is 7.53. The van der Waals surface area contributed by atoms with Gasteiger partial charge in [-0.25, -0.2) is 0 Å². The molecule has 1 heterocycles. The molecule has 2 nitrogen and oxygen atoms in total. The van der Waals surface area contributed by atoms with Crippen molar-refractivity contribution in [1.29, 1.82) is 0 Å². The summed E-state index contributed by atoms with van der Waals surface area (Å²) < 4.78 is 0. The van der Waals surface area contributed by atoms with Gasteiger partial charge in [-0.05, 0) is 17.0 Å². The second-order valence-corrected chi connectivity index (χ2v) is 5.62. The van der Waals surface area contributed by atoms with Crippen LogP contribution in [0.15, 0.2) is 24.3 Å². The van der Waals surface area contributed by atoms with Crippen LogP contribution in [-0.2, 0) is 4.79 Å². The molecule has 1 aromatic rings. The highest BCUT2D eigenvalue weighted by Crippen LogP contribution is 2.56. The maximum Gasteiger partial charge on any atom is 0.226 e. The fraction of sp³-hybridized carbons (Fsp3) is 0.500. The van der Waals surface area contributed by atoms with Crippen molar-refractivity contribution in [1.82, 2.24) is 5.32 Å². The molecule has 1 N–H and O–H groups in total. The van der Waals surface area contributed by atoms with Crippen molar-refractivity contribution in [2.45, 2.75) is 32.7 Å². The van der Waals surface area contributed by atoms with E-state index < -0.39 is 0 Å². The minimum absolute atomic E-state index is 0.198. The van der Waals surface area contributed by atoms with Gasteiger partial charge >= 0.3 is 0 Å². The molecule has 2 heteroatoms. The average Bonchev–Trinajstić information content (AvgIpc) is 2.65. The Kier molecular flexibility index (Phi) is 1.78. The van der Waals surface area contributed by atoms with Gasteiger partial charge in [0, 0.05) is 11.3 Å². The van der Waals surface area contributed by atoms with Gasteiger partial charge in [-0.2, -0.15) is 0 Å². The Labute approximate surface area is 96.1 Å². The largest absolute Gasteiger partial charge is 0.348 e. The van der Waals surface area contributed by atoms with E-state index >= 15 is 0 Å². The molecule has 1 aliphatic carbocycles. The van der Waals surface area contributed by atoms with Crippen LogP contribution in [0.4, 0.5) is 0 Å². The maximum absolute atomic E-state index is 12.0. The molecule has 2 aliphatic rings. The lowest BCUT2D eigenvalue weighted by atomic mass is 9.74. The Bertz CT molecular complexity index is 464. The van der Waals surface area contributed by atoms with Crippen LogP contribution in [0.5, 0.6) is 0 Å². The zero-order valence-corrected chi connectivity index (χ0v) is 9.95. The van der Waals surface area contributed by atoms with E-state index in [1.54, 1.807) is 0 Å². The summed E-state index contributed by atoms with van der Waals surface area (Å²) in [6, 6.07) is 8.73. The van der Waals surface area contributed by atoms with Crippen molar-refractivity contribution in [3.8, 4) is 0 Å². The van der Waals surface area contributed by atoms with Crippen LogP contribution in [0, 0.1) is 11.3 Å². The fourth-order valence-corrected chi connectivity index (χ4v) is 3.57. The van der Waals surface area contributed by atoms with Crippen LogP contribution in [0.3, 0.4) is 0 Å². The van der Waals surface area contributed by atoms with Crippen LogP contribution >= 0.6 is 0 Å². The van der Waals surface area contributed by atoms with Crippen LogP contribution in [-0.4, -0.2) is 5.91 Å². The van der Waals surface area contributed by atoms with E-state index in [2.05, 4.69) is 50.4 Å². The third kappa shape index (κ3) is 0.998. The summed E-state index contributed by atoms with van der Waals surface area (Å²) in [5.74, 6) is 1.07. The number of hydrogen-bond donors (Lipinski definition) is 1. The van der Waals surface area contributed by atoms with Crippen LogP contribution in [0.25, 0.3) is 0 Å². The normalized spacial score (nSPS) is 34.4. The highest BCUT2D eigenvalue weighted by atomic mass is 16.2. The smallest absolute Gasteiger partial charge is 0.226 e. The first kappa shape index (κ1) is 9.88. The number of fused-ring (bicyclic) bond motifs is 3. The predicted octanol–water partition coefficient (Wildman–Crippen LogP) is 2.62. The second kappa shape index (κ2) is 2.88. The number of carbonyl (C=O) groups is 1. The van der Waals surface area contributed by atoms with Gasteiger partial charge in [0.2, 0.25) is 5.91 Å². The van der Waals surface area contributed by atoms with Crippen molar-refractivity contribution < 1.29 is 4.79 Å². The molecule has 0 aromatic heterocycles. The minimum Gasteiger partial charge on any atom is -0.348 e. The van der Waals surface area contributed by atoms with Gasteiger partial charge in [0.05, 0.1) is 6.04 Å². The lowest BCUT2D eigenvalue weighted by Gasteiger charge is -2.26. The Morgan fingerprint density at radius 2 is 1.81 bits per heavy atom. The molecule has 1 saturated heterocycles. The van der Waals surface area contributed by atoms with Gasteiger partial charge in [-0.15, -0.1) is 0 Å². The second-order valence-electron chi connectivity index (χ2n) is 5.62. The van der Waals surface area contributed by atoms with Crippen molar-refractivity contribution in [3.63, 3.8) is 0 Å². The van der Waals surface area contributed by atoms with Crippen molar-refractivity contribution in [2.24, 2.45) is 11.3 Å². The highest BCUT2D eigenvalue weighted by molar-refractivity contribution is 5.86. The number of benzene rings is 1. The minimum atomic E-state index is -0.247. The van der Waals surface area contributed by atoms with Crippen molar-refractivity contribution >= 4 is 5.91 Å². The van der Waals surface area contributed by atoms with E-state index in [9.17, 15) is 4.79 Å². The summed E-state index contributed by atoms with van der Waals surface area (Å²) in [5.41, 5.74) is 2.48. The SMILES string of the molecule is C[C@H]1c2ccccc2[C@@H]2NC(=O)C(C)(C)[C@H]12. The topological polar surface area (TPSA) is 29.1 Å². The molecule has 0 saturated carbocycles. The van der Waals surface area contributed by atoms with Gasteiger partial charge in [0.1, 0.15) is 0 Å². The maximum atomic E-state index is 12.0. The Balaban J connectivity index is 2.15. The first-order valence-electron chi connectivity index (χ1n) is 5.93. The molecule has 0 radical (unpaired) electrons. The lowest BCUT2D eigenvalue weighted by molar-refractivity contribution is -0.127. The molecule has 84 valence electrons. The van der Waals surface area contributed by atoms with Crippen molar-refractivity contribution in [2.75, 3.05) is 0 Å². The molecular formula is C14H17NO. The first-order valence-corrected chi connectivity index (χ1v) is 5.93. The molecule has 1 aliphatic heterocycles. The van der Waals surface area contributed by atoms with Crippen molar-refractivity contribution in [3.05, 3.63) is 35.4 Å². The van der Waals surface area contributed by atoms with Gasteiger partial charge < -0.3 is 5.32 Å². The Morgan fingerprint density at radius 1 is 1.19 bits per heavy atom. The lowest BCUT2D eigenvalue weighted by Crippen LogP contribution is -2.30. The zero-order chi connectivity index (χ0) is 11.5. The fourth-order valence-electron chi connectivity index (χ4n) is 3.57. The monoisotopic (exact) mass is 215 g/mol. The molecule has 1 fully saturated rings. The van der Waals surface area contributed by atoms with E-state index in [4.69, 9.17) is 0 Å². The van der Waals surface area contributed by atoms with E-state index in [1.807, 2.05) is 0 Å². The molecule has 0 unspecified atom stereocenters. The molecular weight excluding hydrogens is 198 g/mol. The van der Waals surface area contributed by atoms with Gasteiger partial charge in [-0.1, -0.05) is 45.0 Å². The Morgan fingerprint density at radius 3 is 2.50 bits per heavy atom. The molecule has 16 heavy (non-hydrogen) atoms. The molecule has 0 spiro atoms. The van der Waals surface area contributed by atoms with Crippen LogP contribution in [0.2, 0.25) is 0 Å². The summed E-state index contributed by atoms with van der Waals surface area (Å²) in [6.07, 6.45) is 0. The van der Waals surface area contributed by atoms with Gasteiger partial charge in [0.15, 0.2) is 0 Å². The van der Waals surface area contributed by atoms with Crippen LogP contribution in [0.1, 0.15) is 43.9 Å². The highest BCUT2D eigenvalue weighted by Gasteiger charge is 2.55. The van der Waals surface area contributed by atoms with Gasteiger partial charge in [0.25, 0.3) is 0 Å². The quantitative estimate of drug-likeness (QED) is 0.708. The third-order valence-corrected chi connectivity index (χ3v) is 4.42. The number of hydrogen-bond acceptors (Lipinski definition) is 1. The standard InChI is InChI=1S/C14H17NO/c1-8-9-6-4-5-7-10(9)12-11(8)14(2,3)13(16)15-12/h4-8,11-12H,1-3H3,(H,15,16)/t8-,11+,12-/m0/s1. The summed E-state index contributed by atoms with van der Waals surface area (Å²) in [7, 11) is 0. The number of amides is 1. The van der Waals surface area contributed by atoms with E-state index in [1.165, 1.54) is 11.1 Å². The molecule has 3 rings (SSSR count). The average molecular weight is 215 g/mol. The molecule has 0 bridgehead atoms. The molecule has 3 atom stereocenters. The number of carbonyl (C=O) groups excluding carboxylic acids is 1.